The van der Waals surface area contributed by atoms with Gasteiger partial charge in [-0.1, -0.05) is 42.5 Å². The van der Waals surface area contributed by atoms with E-state index in [9.17, 15) is 5.11 Å². The Morgan fingerprint density at radius 2 is 1.82 bits per heavy atom. The second kappa shape index (κ2) is 7.97. The number of para-hydroxylation sites is 1. The molecule has 0 heterocycles. The topological polar surface area (TPSA) is 41.5 Å². The Kier molecular flexibility index (Phi) is 5.99. The number of rotatable bonds is 7. The molecular weight excluding hydrogens is 274 g/mol. The fourth-order valence-electron chi connectivity index (χ4n) is 2.36. The molecule has 3 heteroatoms. The summed E-state index contributed by atoms with van der Waals surface area (Å²) >= 11 is 0. The Morgan fingerprint density at radius 1 is 1.05 bits per heavy atom. The molecule has 0 spiro atoms. The Morgan fingerprint density at radius 3 is 2.55 bits per heavy atom. The molecule has 0 saturated heterocycles. The van der Waals surface area contributed by atoms with Crippen molar-refractivity contribution in [1.29, 1.82) is 0 Å². The van der Waals surface area contributed by atoms with Gasteiger partial charge in [-0.2, -0.15) is 0 Å². The highest BCUT2D eigenvalue weighted by atomic mass is 16.5. The summed E-state index contributed by atoms with van der Waals surface area (Å²) in [6.07, 6.45) is 0.166. The summed E-state index contributed by atoms with van der Waals surface area (Å²) in [5, 5.41) is 12.8. The van der Waals surface area contributed by atoms with E-state index in [2.05, 4.69) is 24.4 Å². The predicted octanol–water partition coefficient (Wildman–Crippen LogP) is 3.82. The molecule has 1 atom stereocenters. The normalized spacial score (nSPS) is 12.4. The van der Waals surface area contributed by atoms with E-state index >= 15 is 0 Å². The first kappa shape index (κ1) is 16.5. The van der Waals surface area contributed by atoms with Gasteiger partial charge in [0.05, 0.1) is 12.7 Å². The molecule has 118 valence electrons. The van der Waals surface area contributed by atoms with E-state index in [1.807, 2.05) is 50.2 Å². The van der Waals surface area contributed by atoms with Gasteiger partial charge in [0.2, 0.25) is 0 Å². The number of benzene rings is 2. The van der Waals surface area contributed by atoms with Crippen molar-refractivity contribution in [2.75, 3.05) is 0 Å². The van der Waals surface area contributed by atoms with Gasteiger partial charge >= 0.3 is 0 Å². The second-order valence-corrected chi connectivity index (χ2v) is 5.78. The Hall–Kier alpha value is -1.84. The number of aliphatic hydroxyl groups is 1. The molecule has 1 unspecified atom stereocenters. The van der Waals surface area contributed by atoms with Crippen LogP contribution in [0.1, 0.15) is 43.5 Å². The minimum absolute atomic E-state index is 0.0750. The van der Waals surface area contributed by atoms with Crippen LogP contribution in [0, 0.1) is 0 Å². The fourth-order valence-corrected chi connectivity index (χ4v) is 2.36. The fraction of sp³-hybridized carbons (Fsp3) is 0.368. The van der Waals surface area contributed by atoms with E-state index in [1.54, 1.807) is 0 Å². The third-order valence-electron chi connectivity index (χ3n) is 3.57. The number of nitrogens with one attached hydrogen (secondary N) is 1. The summed E-state index contributed by atoms with van der Waals surface area (Å²) in [6.45, 7) is 7.02. The summed E-state index contributed by atoms with van der Waals surface area (Å²) in [4.78, 5) is 0. The molecule has 0 fully saturated rings. The highest BCUT2D eigenvalue weighted by Crippen LogP contribution is 2.21. The van der Waals surface area contributed by atoms with E-state index in [0.717, 1.165) is 23.4 Å². The molecule has 0 amide bonds. The minimum atomic E-state index is 0.0750. The van der Waals surface area contributed by atoms with Crippen LogP contribution in [0.25, 0.3) is 0 Å². The predicted molar refractivity (Wildman–Crippen MR) is 89.8 cm³/mol. The van der Waals surface area contributed by atoms with Crippen LogP contribution in [0.15, 0.2) is 48.5 Å². The molecule has 0 bridgehead atoms. The van der Waals surface area contributed by atoms with Crippen molar-refractivity contribution >= 4 is 0 Å². The monoisotopic (exact) mass is 299 g/mol. The molecule has 2 N–H and O–H groups in total. The average Bonchev–Trinajstić information content (AvgIpc) is 2.53. The van der Waals surface area contributed by atoms with Crippen LogP contribution in [-0.2, 0) is 13.2 Å². The van der Waals surface area contributed by atoms with E-state index < -0.39 is 0 Å². The first-order valence-corrected chi connectivity index (χ1v) is 7.77. The van der Waals surface area contributed by atoms with Crippen LogP contribution in [-0.4, -0.2) is 11.2 Å². The minimum Gasteiger partial charge on any atom is -0.491 e. The van der Waals surface area contributed by atoms with Gasteiger partial charge in [0.1, 0.15) is 5.75 Å². The zero-order valence-corrected chi connectivity index (χ0v) is 13.5. The lowest BCUT2D eigenvalue weighted by Crippen LogP contribution is -2.19. The zero-order valence-electron chi connectivity index (χ0n) is 13.5. The molecular formula is C19H25NO2. The van der Waals surface area contributed by atoms with E-state index in [4.69, 9.17) is 4.74 Å². The maximum atomic E-state index is 9.24. The quantitative estimate of drug-likeness (QED) is 0.816. The lowest BCUT2D eigenvalue weighted by molar-refractivity contribution is 0.239. The Balaban J connectivity index is 2.03. The van der Waals surface area contributed by atoms with Crippen molar-refractivity contribution in [3.05, 3.63) is 65.2 Å². The number of hydrogen-bond acceptors (Lipinski definition) is 3. The standard InChI is InChI=1S/C19H25NO2/c1-14(2)22-19-10-5-4-8-18(19)12-20-15(3)17-9-6-7-16(11-17)13-21/h4-11,14-15,20-21H,12-13H2,1-3H3. The number of aliphatic hydroxyl groups excluding tert-OH is 1. The summed E-state index contributed by atoms with van der Waals surface area (Å²) in [7, 11) is 0. The molecule has 2 aromatic carbocycles. The zero-order chi connectivity index (χ0) is 15.9. The molecule has 2 rings (SSSR count). The van der Waals surface area contributed by atoms with E-state index in [1.165, 1.54) is 5.56 Å². The molecule has 0 aliphatic carbocycles. The van der Waals surface area contributed by atoms with Gasteiger partial charge in [-0.3, -0.25) is 0 Å². The first-order chi connectivity index (χ1) is 10.6. The SMILES string of the molecule is CC(C)Oc1ccccc1CNC(C)c1cccc(CO)c1. The van der Waals surface area contributed by atoms with E-state index in [-0.39, 0.29) is 18.8 Å². The van der Waals surface area contributed by atoms with E-state index in [0.29, 0.717) is 0 Å². The number of hydrogen-bond donors (Lipinski definition) is 2. The molecule has 0 aromatic heterocycles. The maximum absolute atomic E-state index is 9.24. The largest absolute Gasteiger partial charge is 0.491 e. The van der Waals surface area contributed by atoms with Crippen LogP contribution in [0.3, 0.4) is 0 Å². The van der Waals surface area contributed by atoms with Crippen LogP contribution in [0.4, 0.5) is 0 Å². The number of ether oxygens (including phenoxy) is 1. The first-order valence-electron chi connectivity index (χ1n) is 7.77. The maximum Gasteiger partial charge on any atom is 0.124 e. The van der Waals surface area contributed by atoms with Crippen molar-refractivity contribution in [3.63, 3.8) is 0 Å². The van der Waals surface area contributed by atoms with Gasteiger partial charge in [0, 0.05) is 18.2 Å². The summed E-state index contributed by atoms with van der Waals surface area (Å²) in [5.41, 5.74) is 3.27. The molecule has 0 aliphatic heterocycles. The van der Waals surface area contributed by atoms with Crippen molar-refractivity contribution in [2.45, 2.75) is 46.1 Å². The smallest absolute Gasteiger partial charge is 0.124 e. The third kappa shape index (κ3) is 4.58. The van der Waals surface area contributed by atoms with Crippen LogP contribution in [0.2, 0.25) is 0 Å². The highest BCUT2D eigenvalue weighted by Gasteiger charge is 2.09. The molecule has 0 aliphatic rings. The third-order valence-corrected chi connectivity index (χ3v) is 3.57. The molecule has 22 heavy (non-hydrogen) atoms. The van der Waals surface area contributed by atoms with Gasteiger partial charge in [-0.25, -0.2) is 0 Å². The summed E-state index contributed by atoms with van der Waals surface area (Å²) < 4.78 is 5.85. The summed E-state index contributed by atoms with van der Waals surface area (Å²) in [6, 6.07) is 16.4. The average molecular weight is 299 g/mol. The van der Waals surface area contributed by atoms with Crippen molar-refractivity contribution in [2.24, 2.45) is 0 Å². The molecule has 0 saturated carbocycles. The van der Waals surface area contributed by atoms with Gasteiger partial charge in [0.15, 0.2) is 0 Å². The van der Waals surface area contributed by atoms with Crippen molar-refractivity contribution in [1.82, 2.24) is 5.32 Å². The van der Waals surface area contributed by atoms with Gasteiger partial charge in [-0.15, -0.1) is 0 Å². The summed E-state index contributed by atoms with van der Waals surface area (Å²) in [5.74, 6) is 0.932. The van der Waals surface area contributed by atoms with Crippen LogP contribution in [0.5, 0.6) is 5.75 Å². The Labute approximate surface area is 133 Å². The van der Waals surface area contributed by atoms with Crippen molar-refractivity contribution < 1.29 is 9.84 Å². The lowest BCUT2D eigenvalue weighted by atomic mass is 10.0. The molecule has 3 nitrogen and oxygen atoms in total. The highest BCUT2D eigenvalue weighted by molar-refractivity contribution is 5.33. The molecule has 0 radical (unpaired) electrons. The molecule has 2 aromatic rings. The lowest BCUT2D eigenvalue weighted by Gasteiger charge is -2.18. The Bertz CT molecular complexity index is 595. The van der Waals surface area contributed by atoms with Crippen molar-refractivity contribution in [3.8, 4) is 5.75 Å². The van der Waals surface area contributed by atoms with Gasteiger partial charge in [-0.05, 0) is 38.0 Å². The van der Waals surface area contributed by atoms with Gasteiger partial charge < -0.3 is 15.2 Å². The second-order valence-electron chi connectivity index (χ2n) is 5.78. The van der Waals surface area contributed by atoms with Crippen LogP contribution < -0.4 is 10.1 Å². The van der Waals surface area contributed by atoms with Crippen LogP contribution >= 0.6 is 0 Å². The van der Waals surface area contributed by atoms with Gasteiger partial charge in [0.25, 0.3) is 0 Å².